The second kappa shape index (κ2) is 9.82. The molecule has 3 N–H and O–H groups in total. The summed E-state index contributed by atoms with van der Waals surface area (Å²) in [4.78, 5) is 12.8. The molecule has 0 aliphatic carbocycles. The van der Waals surface area contributed by atoms with E-state index in [0.29, 0.717) is 28.7 Å². The van der Waals surface area contributed by atoms with Gasteiger partial charge in [-0.25, -0.2) is 13.1 Å². The lowest BCUT2D eigenvalue weighted by Gasteiger charge is -2.13. The molecule has 7 nitrogen and oxygen atoms in total. The molecule has 0 saturated heterocycles. The number of carbonyl (C=O) groups excluding carboxylic acids is 1. The molecule has 3 rings (SSSR count). The van der Waals surface area contributed by atoms with E-state index in [1.165, 1.54) is 19.2 Å². The number of benzene rings is 3. The molecule has 0 fully saturated rings. The van der Waals surface area contributed by atoms with Crippen LogP contribution in [0.25, 0.3) is 0 Å². The smallest absolute Gasteiger partial charge is 0.255 e. The summed E-state index contributed by atoms with van der Waals surface area (Å²) in [6, 6.07) is 18.5. The molecule has 0 aliphatic rings. The van der Waals surface area contributed by atoms with E-state index in [0.717, 1.165) is 5.56 Å². The molecule has 0 heterocycles. The van der Waals surface area contributed by atoms with E-state index >= 15 is 0 Å². The van der Waals surface area contributed by atoms with E-state index in [9.17, 15) is 13.2 Å². The van der Waals surface area contributed by atoms with E-state index in [1.54, 1.807) is 49.6 Å². The van der Waals surface area contributed by atoms with Gasteiger partial charge < -0.3 is 15.4 Å². The summed E-state index contributed by atoms with van der Waals surface area (Å²) in [6.07, 6.45) is 0. The number of hydrogen-bond acceptors (Lipinski definition) is 5. The molecule has 0 spiro atoms. The van der Waals surface area contributed by atoms with Gasteiger partial charge in [0.2, 0.25) is 10.0 Å². The standard InChI is InChI=1S/C22H22ClN3O4S/c1-24-31(28,29)21-12-16(22(27)26-18-7-9-20(30-2)10-8-18)11-19(13-21)25-14-15-3-5-17(23)6-4-15/h3-13,24-25H,14H2,1-2H3,(H,26,27). The number of sulfonamides is 1. The van der Waals surface area contributed by atoms with Crippen LogP contribution in [0.2, 0.25) is 5.02 Å². The molecular weight excluding hydrogens is 438 g/mol. The van der Waals surface area contributed by atoms with Crippen LogP contribution < -0.4 is 20.1 Å². The second-order valence-corrected chi connectivity index (χ2v) is 8.94. The van der Waals surface area contributed by atoms with Gasteiger partial charge in [0.1, 0.15) is 5.75 Å². The topological polar surface area (TPSA) is 96.5 Å². The Morgan fingerprint density at radius 2 is 1.65 bits per heavy atom. The van der Waals surface area contributed by atoms with Gasteiger partial charge in [0.25, 0.3) is 5.91 Å². The quantitative estimate of drug-likeness (QED) is 0.471. The van der Waals surface area contributed by atoms with Crippen molar-refractivity contribution in [3.63, 3.8) is 0 Å². The minimum Gasteiger partial charge on any atom is -0.497 e. The third-order valence-corrected chi connectivity index (χ3v) is 6.15. The van der Waals surface area contributed by atoms with E-state index in [2.05, 4.69) is 15.4 Å². The average Bonchev–Trinajstić information content (AvgIpc) is 2.79. The number of nitrogens with one attached hydrogen (secondary N) is 3. The predicted molar refractivity (Wildman–Crippen MR) is 122 cm³/mol. The minimum atomic E-state index is -3.75. The van der Waals surface area contributed by atoms with Crippen LogP contribution in [0, 0.1) is 0 Å². The Labute approximate surface area is 186 Å². The molecule has 0 aromatic heterocycles. The van der Waals surface area contributed by atoms with Gasteiger partial charge in [-0.2, -0.15) is 0 Å². The van der Waals surface area contributed by atoms with Crippen LogP contribution >= 0.6 is 11.6 Å². The molecule has 31 heavy (non-hydrogen) atoms. The number of methoxy groups -OCH3 is 1. The molecule has 0 aliphatic heterocycles. The lowest BCUT2D eigenvalue weighted by atomic mass is 10.1. The highest BCUT2D eigenvalue weighted by Crippen LogP contribution is 2.22. The summed E-state index contributed by atoms with van der Waals surface area (Å²) in [5, 5.41) is 6.55. The highest BCUT2D eigenvalue weighted by molar-refractivity contribution is 7.89. The van der Waals surface area contributed by atoms with Crippen LogP contribution in [0.15, 0.2) is 71.6 Å². The SMILES string of the molecule is CNS(=O)(=O)c1cc(NCc2ccc(Cl)cc2)cc(C(=O)Nc2ccc(OC)cc2)c1. The maximum absolute atomic E-state index is 12.8. The van der Waals surface area contributed by atoms with E-state index < -0.39 is 15.9 Å². The molecule has 0 radical (unpaired) electrons. The van der Waals surface area contributed by atoms with Crippen molar-refractivity contribution >= 4 is 38.9 Å². The van der Waals surface area contributed by atoms with Gasteiger partial charge in [-0.15, -0.1) is 0 Å². The fourth-order valence-electron chi connectivity index (χ4n) is 2.79. The number of halogens is 1. The maximum atomic E-state index is 12.8. The summed E-state index contributed by atoms with van der Waals surface area (Å²) in [5.74, 6) is 0.224. The molecule has 0 atom stereocenters. The van der Waals surface area contributed by atoms with Crippen molar-refractivity contribution < 1.29 is 17.9 Å². The fourth-order valence-corrected chi connectivity index (χ4v) is 3.72. The lowest BCUT2D eigenvalue weighted by molar-refractivity contribution is 0.102. The molecule has 9 heteroatoms. The molecular formula is C22H22ClN3O4S. The van der Waals surface area contributed by atoms with Crippen molar-refractivity contribution in [2.45, 2.75) is 11.4 Å². The van der Waals surface area contributed by atoms with Crippen molar-refractivity contribution in [3.8, 4) is 5.75 Å². The first-order valence-corrected chi connectivity index (χ1v) is 11.2. The molecule has 162 valence electrons. The number of carbonyl (C=O) groups is 1. The number of rotatable bonds is 8. The Balaban J connectivity index is 1.86. The lowest BCUT2D eigenvalue weighted by Crippen LogP contribution is -2.20. The van der Waals surface area contributed by atoms with Gasteiger partial charge in [0.05, 0.1) is 12.0 Å². The Kier molecular flexibility index (Phi) is 7.17. The van der Waals surface area contributed by atoms with E-state index in [4.69, 9.17) is 16.3 Å². The zero-order chi connectivity index (χ0) is 22.4. The summed E-state index contributed by atoms with van der Waals surface area (Å²) in [7, 11) is -0.876. The van der Waals surface area contributed by atoms with Crippen molar-refractivity contribution in [1.82, 2.24) is 4.72 Å². The number of anilines is 2. The monoisotopic (exact) mass is 459 g/mol. The molecule has 3 aromatic carbocycles. The molecule has 0 unspecified atom stereocenters. The number of ether oxygens (including phenoxy) is 1. The van der Waals surface area contributed by atoms with Crippen LogP contribution in [0.5, 0.6) is 5.75 Å². The third kappa shape index (κ3) is 5.97. The minimum absolute atomic E-state index is 0.0176. The van der Waals surface area contributed by atoms with Crippen molar-refractivity contribution in [3.05, 3.63) is 82.9 Å². The molecule has 0 saturated carbocycles. The van der Waals surface area contributed by atoms with Gasteiger partial charge in [0.15, 0.2) is 0 Å². The summed E-state index contributed by atoms with van der Waals surface area (Å²) in [6.45, 7) is 0.430. The van der Waals surface area contributed by atoms with Crippen LogP contribution in [0.3, 0.4) is 0 Å². The van der Waals surface area contributed by atoms with Gasteiger partial charge in [0, 0.05) is 28.5 Å². The number of amides is 1. The first-order chi connectivity index (χ1) is 14.8. The van der Waals surface area contributed by atoms with Crippen molar-refractivity contribution in [2.75, 3.05) is 24.8 Å². The summed E-state index contributed by atoms with van der Waals surface area (Å²) in [5.41, 5.74) is 2.20. The van der Waals surface area contributed by atoms with Gasteiger partial charge in [-0.05, 0) is 67.2 Å². The zero-order valence-corrected chi connectivity index (χ0v) is 18.5. The highest BCUT2D eigenvalue weighted by atomic mass is 35.5. The summed E-state index contributed by atoms with van der Waals surface area (Å²) >= 11 is 5.91. The van der Waals surface area contributed by atoms with Crippen molar-refractivity contribution in [1.29, 1.82) is 0 Å². The summed E-state index contributed by atoms with van der Waals surface area (Å²) < 4.78 is 32.1. The number of hydrogen-bond donors (Lipinski definition) is 3. The Bertz CT molecular complexity index is 1160. The third-order valence-electron chi connectivity index (χ3n) is 4.51. The predicted octanol–water partition coefficient (Wildman–Crippen LogP) is 4.12. The Morgan fingerprint density at radius 3 is 2.26 bits per heavy atom. The maximum Gasteiger partial charge on any atom is 0.255 e. The van der Waals surface area contributed by atoms with Crippen LogP contribution in [-0.2, 0) is 16.6 Å². The largest absolute Gasteiger partial charge is 0.497 e. The van der Waals surface area contributed by atoms with Crippen LogP contribution in [0.1, 0.15) is 15.9 Å². The molecule has 1 amide bonds. The average molecular weight is 460 g/mol. The molecule has 3 aromatic rings. The van der Waals surface area contributed by atoms with Crippen LogP contribution in [-0.4, -0.2) is 28.5 Å². The van der Waals surface area contributed by atoms with Crippen molar-refractivity contribution in [2.24, 2.45) is 0 Å². The Morgan fingerprint density at radius 1 is 0.968 bits per heavy atom. The van der Waals surface area contributed by atoms with E-state index in [1.807, 2.05) is 12.1 Å². The van der Waals surface area contributed by atoms with Gasteiger partial charge >= 0.3 is 0 Å². The first kappa shape index (κ1) is 22.6. The van der Waals surface area contributed by atoms with Crippen LogP contribution in [0.4, 0.5) is 11.4 Å². The second-order valence-electron chi connectivity index (χ2n) is 6.62. The van der Waals surface area contributed by atoms with Gasteiger partial charge in [-0.3, -0.25) is 4.79 Å². The first-order valence-electron chi connectivity index (χ1n) is 9.33. The zero-order valence-electron chi connectivity index (χ0n) is 17.0. The Hall–Kier alpha value is -3.07. The highest BCUT2D eigenvalue weighted by Gasteiger charge is 2.17. The normalized spacial score (nSPS) is 11.1. The molecule has 0 bridgehead atoms. The van der Waals surface area contributed by atoms with E-state index in [-0.39, 0.29) is 10.5 Å². The van der Waals surface area contributed by atoms with Gasteiger partial charge in [-0.1, -0.05) is 23.7 Å². The fraction of sp³-hybridized carbons (Fsp3) is 0.136.